The Morgan fingerprint density at radius 2 is 2.29 bits per heavy atom. The van der Waals surface area contributed by atoms with Crippen molar-refractivity contribution in [2.24, 2.45) is 7.05 Å². The summed E-state index contributed by atoms with van der Waals surface area (Å²) in [6.07, 6.45) is 4.82. The van der Waals surface area contributed by atoms with Gasteiger partial charge in [0.25, 0.3) is 0 Å². The Labute approximate surface area is 84.9 Å². The van der Waals surface area contributed by atoms with E-state index in [2.05, 4.69) is 10.4 Å². The summed E-state index contributed by atoms with van der Waals surface area (Å²) in [6, 6.07) is 0. The van der Waals surface area contributed by atoms with Crippen LogP contribution >= 0.6 is 0 Å². The number of nitrogens with zero attached hydrogens (tertiary/aromatic N) is 2. The molecule has 0 unspecified atom stereocenters. The Morgan fingerprint density at radius 1 is 1.57 bits per heavy atom. The van der Waals surface area contributed by atoms with Crippen molar-refractivity contribution in [3.05, 3.63) is 18.0 Å². The second-order valence-corrected chi connectivity index (χ2v) is 4.26. The van der Waals surface area contributed by atoms with Crippen molar-refractivity contribution in [1.29, 1.82) is 0 Å². The molecular weight excluding hydrogens is 178 g/mol. The maximum atomic E-state index is 9.44. The molecule has 0 saturated carbocycles. The zero-order chi connectivity index (χ0) is 10.6. The van der Waals surface area contributed by atoms with Crippen molar-refractivity contribution in [2.75, 3.05) is 13.1 Å². The molecule has 0 atom stereocenters. The van der Waals surface area contributed by atoms with Crippen LogP contribution in [0.15, 0.2) is 12.4 Å². The van der Waals surface area contributed by atoms with Crippen molar-refractivity contribution in [1.82, 2.24) is 15.1 Å². The number of nitrogens with one attached hydrogen (secondary N) is 1. The van der Waals surface area contributed by atoms with Crippen molar-refractivity contribution in [2.45, 2.75) is 25.9 Å². The molecular formula is C10H19N3O. The SMILES string of the molecule is Cn1cc(CCNCC(C)(C)O)cn1. The number of aryl methyl sites for hydroxylation is 1. The zero-order valence-electron chi connectivity index (χ0n) is 9.12. The van der Waals surface area contributed by atoms with Crippen molar-refractivity contribution in [3.63, 3.8) is 0 Å². The molecule has 0 spiro atoms. The molecule has 0 aliphatic heterocycles. The molecule has 0 aliphatic carbocycles. The summed E-state index contributed by atoms with van der Waals surface area (Å²) in [5, 5.41) is 16.7. The summed E-state index contributed by atoms with van der Waals surface area (Å²) in [5.74, 6) is 0. The average Bonchev–Trinajstić information content (AvgIpc) is 2.44. The molecule has 1 aromatic heterocycles. The second kappa shape index (κ2) is 4.57. The fourth-order valence-corrected chi connectivity index (χ4v) is 1.23. The van der Waals surface area contributed by atoms with Crippen LogP contribution in [-0.2, 0) is 13.5 Å². The number of hydrogen-bond acceptors (Lipinski definition) is 3. The quantitative estimate of drug-likeness (QED) is 0.669. The molecule has 0 aromatic carbocycles. The average molecular weight is 197 g/mol. The molecule has 80 valence electrons. The standard InChI is InChI=1S/C10H19N3O/c1-10(2,14)8-11-5-4-9-6-12-13(3)7-9/h6-7,11,14H,4-5,8H2,1-3H3. The Bertz CT molecular complexity index is 275. The van der Waals surface area contributed by atoms with Gasteiger partial charge in [0.1, 0.15) is 0 Å². The maximum absolute atomic E-state index is 9.44. The molecule has 0 aliphatic rings. The third-order valence-corrected chi connectivity index (χ3v) is 1.91. The minimum Gasteiger partial charge on any atom is -0.389 e. The first-order valence-electron chi connectivity index (χ1n) is 4.88. The van der Waals surface area contributed by atoms with Crippen molar-refractivity contribution < 1.29 is 5.11 Å². The van der Waals surface area contributed by atoms with E-state index in [1.165, 1.54) is 5.56 Å². The summed E-state index contributed by atoms with van der Waals surface area (Å²) in [4.78, 5) is 0. The minimum absolute atomic E-state index is 0.618. The number of hydrogen-bond donors (Lipinski definition) is 2. The molecule has 1 heterocycles. The van der Waals surface area contributed by atoms with Gasteiger partial charge in [-0.05, 0) is 32.4 Å². The molecule has 0 bridgehead atoms. The highest BCUT2D eigenvalue weighted by atomic mass is 16.3. The largest absolute Gasteiger partial charge is 0.389 e. The van der Waals surface area contributed by atoms with Gasteiger partial charge < -0.3 is 10.4 Å². The predicted molar refractivity (Wildman–Crippen MR) is 56.1 cm³/mol. The lowest BCUT2D eigenvalue weighted by atomic mass is 10.1. The zero-order valence-corrected chi connectivity index (χ0v) is 9.12. The molecule has 0 saturated heterocycles. The first-order valence-corrected chi connectivity index (χ1v) is 4.88. The van der Waals surface area contributed by atoms with Crippen LogP contribution < -0.4 is 5.32 Å². The molecule has 2 N–H and O–H groups in total. The van der Waals surface area contributed by atoms with E-state index in [4.69, 9.17) is 0 Å². The number of aliphatic hydroxyl groups is 1. The van der Waals surface area contributed by atoms with E-state index in [1.54, 1.807) is 18.5 Å². The molecule has 4 nitrogen and oxygen atoms in total. The van der Waals surface area contributed by atoms with Gasteiger partial charge in [-0.2, -0.15) is 5.10 Å². The highest BCUT2D eigenvalue weighted by Crippen LogP contribution is 1.99. The van der Waals surface area contributed by atoms with E-state index in [-0.39, 0.29) is 0 Å². The first-order chi connectivity index (χ1) is 6.47. The van der Waals surface area contributed by atoms with Gasteiger partial charge in [-0.15, -0.1) is 0 Å². The van der Waals surface area contributed by atoms with Crippen LogP contribution in [0.2, 0.25) is 0 Å². The second-order valence-electron chi connectivity index (χ2n) is 4.26. The molecule has 0 amide bonds. The topological polar surface area (TPSA) is 50.1 Å². The molecule has 0 fully saturated rings. The van der Waals surface area contributed by atoms with Crippen LogP contribution in [-0.4, -0.2) is 33.6 Å². The summed E-state index contributed by atoms with van der Waals surface area (Å²) in [7, 11) is 1.91. The molecule has 1 aromatic rings. The molecule has 0 radical (unpaired) electrons. The summed E-state index contributed by atoms with van der Waals surface area (Å²) < 4.78 is 1.80. The van der Waals surface area contributed by atoms with E-state index in [1.807, 2.05) is 19.4 Å². The third-order valence-electron chi connectivity index (χ3n) is 1.91. The lowest BCUT2D eigenvalue weighted by Gasteiger charge is -2.17. The highest BCUT2D eigenvalue weighted by Gasteiger charge is 2.10. The maximum Gasteiger partial charge on any atom is 0.0715 e. The first kappa shape index (κ1) is 11.2. The molecule has 14 heavy (non-hydrogen) atoms. The summed E-state index contributed by atoms with van der Waals surface area (Å²) in [6.45, 7) is 5.08. The Balaban J connectivity index is 2.16. The van der Waals surface area contributed by atoms with E-state index >= 15 is 0 Å². The van der Waals surface area contributed by atoms with Crippen LogP contribution in [0.1, 0.15) is 19.4 Å². The van der Waals surface area contributed by atoms with Gasteiger partial charge in [0.05, 0.1) is 11.8 Å². The van der Waals surface area contributed by atoms with Gasteiger partial charge in [-0.1, -0.05) is 0 Å². The van der Waals surface area contributed by atoms with Gasteiger partial charge in [0.15, 0.2) is 0 Å². The number of rotatable bonds is 5. The summed E-state index contributed by atoms with van der Waals surface area (Å²) in [5.41, 5.74) is 0.588. The van der Waals surface area contributed by atoms with Crippen molar-refractivity contribution in [3.8, 4) is 0 Å². The van der Waals surface area contributed by atoms with Crippen molar-refractivity contribution >= 4 is 0 Å². The van der Waals surface area contributed by atoms with E-state index in [0.717, 1.165) is 13.0 Å². The van der Waals surface area contributed by atoms with Crippen LogP contribution in [0, 0.1) is 0 Å². The Kier molecular flexibility index (Phi) is 3.66. The van der Waals surface area contributed by atoms with Crippen LogP contribution in [0.5, 0.6) is 0 Å². The lowest BCUT2D eigenvalue weighted by Crippen LogP contribution is -2.35. The fraction of sp³-hybridized carbons (Fsp3) is 0.700. The van der Waals surface area contributed by atoms with Gasteiger partial charge >= 0.3 is 0 Å². The summed E-state index contributed by atoms with van der Waals surface area (Å²) >= 11 is 0. The van der Waals surface area contributed by atoms with Crippen LogP contribution in [0.25, 0.3) is 0 Å². The molecule has 4 heteroatoms. The van der Waals surface area contributed by atoms with E-state index in [9.17, 15) is 5.11 Å². The Morgan fingerprint density at radius 3 is 2.79 bits per heavy atom. The van der Waals surface area contributed by atoms with Gasteiger partial charge in [-0.3, -0.25) is 4.68 Å². The monoisotopic (exact) mass is 197 g/mol. The molecule has 1 rings (SSSR count). The third kappa shape index (κ3) is 4.39. The smallest absolute Gasteiger partial charge is 0.0715 e. The normalized spacial score (nSPS) is 12.0. The predicted octanol–water partition coefficient (Wildman–Crippen LogP) is 0.323. The van der Waals surface area contributed by atoms with E-state index < -0.39 is 5.60 Å². The van der Waals surface area contributed by atoms with E-state index in [0.29, 0.717) is 6.54 Å². The lowest BCUT2D eigenvalue weighted by molar-refractivity contribution is 0.0801. The van der Waals surface area contributed by atoms with Crippen LogP contribution in [0.3, 0.4) is 0 Å². The highest BCUT2D eigenvalue weighted by molar-refractivity contribution is 5.03. The van der Waals surface area contributed by atoms with Gasteiger partial charge in [-0.25, -0.2) is 0 Å². The minimum atomic E-state index is -0.630. The van der Waals surface area contributed by atoms with Gasteiger partial charge in [0, 0.05) is 19.8 Å². The fourth-order valence-electron chi connectivity index (χ4n) is 1.23. The van der Waals surface area contributed by atoms with Crippen LogP contribution in [0.4, 0.5) is 0 Å². The number of aromatic nitrogens is 2. The van der Waals surface area contributed by atoms with Gasteiger partial charge in [0.2, 0.25) is 0 Å². The Hall–Kier alpha value is -0.870.